The number of rotatable bonds is 3. The zero-order valence-electron chi connectivity index (χ0n) is 13.9. The first kappa shape index (κ1) is 21.5. The average molecular weight is 426 g/mol. The van der Waals surface area contributed by atoms with Gasteiger partial charge in [-0.15, -0.1) is 0 Å². The molecule has 0 aliphatic rings. The first-order valence-electron chi connectivity index (χ1n) is 7.39. The molecule has 2 amide bonds. The summed E-state index contributed by atoms with van der Waals surface area (Å²) in [6.45, 7) is 1.68. The van der Waals surface area contributed by atoms with Crippen LogP contribution in [0.25, 0.3) is 0 Å². The molecule has 2 aromatic rings. The molecule has 0 aliphatic carbocycles. The Hall–Kier alpha value is -2.76. The molecule has 0 aromatic heterocycles. The molecule has 152 valence electrons. The number of alkyl halides is 6. The van der Waals surface area contributed by atoms with E-state index in [1.165, 1.54) is 29.0 Å². The molecular formula is C16H12F6N2O3S. The van der Waals surface area contributed by atoms with Crippen molar-refractivity contribution in [3.8, 4) is 0 Å². The Morgan fingerprint density at radius 1 is 0.893 bits per heavy atom. The van der Waals surface area contributed by atoms with Gasteiger partial charge in [-0.1, -0.05) is 17.7 Å². The van der Waals surface area contributed by atoms with Gasteiger partial charge in [0.15, 0.2) is 0 Å². The van der Waals surface area contributed by atoms with Gasteiger partial charge in [0.25, 0.3) is 10.0 Å². The maximum absolute atomic E-state index is 13.1. The smallest absolute Gasteiger partial charge is 0.307 e. The number of benzene rings is 2. The maximum Gasteiger partial charge on any atom is 0.418 e. The van der Waals surface area contributed by atoms with E-state index in [1.54, 1.807) is 12.2 Å². The average Bonchev–Trinajstić information content (AvgIpc) is 2.52. The largest absolute Gasteiger partial charge is 0.418 e. The van der Waals surface area contributed by atoms with E-state index in [2.05, 4.69) is 0 Å². The van der Waals surface area contributed by atoms with Crippen molar-refractivity contribution in [3.05, 3.63) is 59.2 Å². The zero-order chi connectivity index (χ0) is 21.3. The van der Waals surface area contributed by atoms with Gasteiger partial charge < -0.3 is 5.32 Å². The summed E-state index contributed by atoms with van der Waals surface area (Å²) in [7, 11) is -4.40. The van der Waals surface area contributed by atoms with Crippen LogP contribution in [0, 0.1) is 6.92 Å². The number of anilines is 1. The molecule has 0 unspecified atom stereocenters. The molecule has 2 N–H and O–H groups in total. The minimum absolute atomic E-state index is 0.177. The van der Waals surface area contributed by atoms with E-state index in [1.807, 2.05) is 0 Å². The lowest BCUT2D eigenvalue weighted by Gasteiger charge is -2.16. The van der Waals surface area contributed by atoms with E-state index in [4.69, 9.17) is 0 Å². The van der Waals surface area contributed by atoms with E-state index in [-0.39, 0.29) is 11.0 Å². The van der Waals surface area contributed by atoms with Crippen molar-refractivity contribution in [1.29, 1.82) is 0 Å². The fraction of sp³-hybridized carbons (Fsp3) is 0.188. The van der Waals surface area contributed by atoms with Crippen molar-refractivity contribution in [2.24, 2.45) is 0 Å². The van der Waals surface area contributed by atoms with Gasteiger partial charge in [-0.05, 0) is 37.3 Å². The number of aryl methyl sites for hydroxylation is 1. The monoisotopic (exact) mass is 426 g/mol. The topological polar surface area (TPSA) is 75.3 Å². The minimum atomic E-state index is -5.22. The SMILES string of the molecule is Cc1ccc(S(=O)(=O)NC(=O)Nc2ccc(C(F)(F)F)cc2C(F)(F)F)cc1. The van der Waals surface area contributed by atoms with Crippen LogP contribution >= 0.6 is 0 Å². The molecule has 0 saturated carbocycles. The second kappa shape index (κ2) is 7.34. The fourth-order valence-corrected chi connectivity index (χ4v) is 3.02. The highest BCUT2D eigenvalue weighted by atomic mass is 32.2. The number of hydrogen-bond acceptors (Lipinski definition) is 3. The van der Waals surface area contributed by atoms with Crippen LogP contribution in [0.3, 0.4) is 0 Å². The molecule has 28 heavy (non-hydrogen) atoms. The van der Waals surface area contributed by atoms with Gasteiger partial charge in [0.05, 0.1) is 21.7 Å². The summed E-state index contributed by atoms with van der Waals surface area (Å²) in [6, 6.07) is 4.20. The Balaban J connectivity index is 2.29. The lowest BCUT2D eigenvalue weighted by molar-refractivity contribution is -0.142. The summed E-state index contributed by atoms with van der Waals surface area (Å²) >= 11 is 0. The summed E-state index contributed by atoms with van der Waals surface area (Å²) in [5.41, 5.74) is -3.65. The third kappa shape index (κ3) is 5.15. The van der Waals surface area contributed by atoms with Gasteiger partial charge in [0.1, 0.15) is 0 Å². The standard InChI is InChI=1S/C16H12F6N2O3S/c1-9-2-5-11(6-3-9)28(26,27)24-14(25)23-13-7-4-10(15(17,18)19)8-12(13)16(20,21)22/h2-8H,1H3,(H2,23,24,25). The van der Waals surface area contributed by atoms with Gasteiger partial charge >= 0.3 is 18.4 Å². The van der Waals surface area contributed by atoms with Gasteiger partial charge in [0, 0.05) is 0 Å². The Kier molecular flexibility index (Phi) is 5.64. The van der Waals surface area contributed by atoms with Crippen LogP contribution in [0.4, 0.5) is 36.8 Å². The van der Waals surface area contributed by atoms with Crippen LogP contribution in [0.15, 0.2) is 47.4 Å². The van der Waals surface area contributed by atoms with Crippen LogP contribution in [-0.2, 0) is 22.4 Å². The van der Waals surface area contributed by atoms with Gasteiger partial charge in [-0.3, -0.25) is 0 Å². The van der Waals surface area contributed by atoms with Crippen molar-refractivity contribution < 1.29 is 39.6 Å². The zero-order valence-corrected chi connectivity index (χ0v) is 14.8. The predicted octanol–water partition coefficient (Wildman–Crippen LogP) is 4.54. The van der Waals surface area contributed by atoms with E-state index in [0.717, 1.165) is 5.56 Å². The van der Waals surface area contributed by atoms with Gasteiger partial charge in [0.2, 0.25) is 0 Å². The van der Waals surface area contributed by atoms with E-state index in [9.17, 15) is 39.6 Å². The number of hydrogen-bond donors (Lipinski definition) is 2. The van der Waals surface area contributed by atoms with Gasteiger partial charge in [-0.25, -0.2) is 17.9 Å². The summed E-state index contributed by atoms with van der Waals surface area (Å²) in [4.78, 5) is 11.5. The van der Waals surface area contributed by atoms with Crippen molar-refractivity contribution in [2.75, 3.05) is 5.32 Å². The summed E-state index contributed by atoms with van der Waals surface area (Å²) < 4.78 is 103. The molecule has 0 spiro atoms. The Labute approximate surface area is 155 Å². The number of nitrogens with one attached hydrogen (secondary N) is 2. The molecule has 0 heterocycles. The van der Waals surface area contributed by atoms with Crippen molar-refractivity contribution in [1.82, 2.24) is 4.72 Å². The molecule has 2 rings (SSSR count). The van der Waals surface area contributed by atoms with E-state index < -0.39 is 45.2 Å². The molecule has 0 radical (unpaired) electrons. The van der Waals surface area contributed by atoms with Crippen LogP contribution < -0.4 is 10.0 Å². The Bertz CT molecular complexity index is 983. The second-order valence-electron chi connectivity index (χ2n) is 5.63. The summed E-state index contributed by atoms with van der Waals surface area (Å²) in [6.07, 6.45) is -10.3. The number of carbonyl (C=O) groups is 1. The van der Waals surface area contributed by atoms with Crippen LogP contribution in [0.5, 0.6) is 0 Å². The first-order chi connectivity index (χ1) is 12.7. The third-order valence-corrected chi connectivity index (χ3v) is 4.81. The number of urea groups is 1. The summed E-state index contributed by atoms with van der Waals surface area (Å²) in [5.74, 6) is 0. The first-order valence-corrected chi connectivity index (χ1v) is 8.87. The normalized spacial score (nSPS) is 12.5. The molecule has 5 nitrogen and oxygen atoms in total. The predicted molar refractivity (Wildman–Crippen MR) is 87.0 cm³/mol. The molecule has 0 atom stereocenters. The van der Waals surface area contributed by atoms with Crippen molar-refractivity contribution in [2.45, 2.75) is 24.2 Å². The maximum atomic E-state index is 13.1. The number of carbonyl (C=O) groups excluding carboxylic acids is 1. The highest BCUT2D eigenvalue weighted by molar-refractivity contribution is 7.90. The highest BCUT2D eigenvalue weighted by Gasteiger charge is 2.38. The Morgan fingerprint density at radius 2 is 1.46 bits per heavy atom. The minimum Gasteiger partial charge on any atom is -0.307 e. The van der Waals surface area contributed by atoms with Gasteiger partial charge in [-0.2, -0.15) is 26.3 Å². The van der Waals surface area contributed by atoms with Crippen LogP contribution in [0.2, 0.25) is 0 Å². The lowest BCUT2D eigenvalue weighted by Crippen LogP contribution is -2.35. The highest BCUT2D eigenvalue weighted by Crippen LogP contribution is 2.39. The van der Waals surface area contributed by atoms with Crippen molar-refractivity contribution in [3.63, 3.8) is 0 Å². The molecule has 0 aliphatic heterocycles. The third-order valence-electron chi connectivity index (χ3n) is 3.46. The quantitative estimate of drug-likeness (QED) is 0.708. The summed E-state index contributed by atoms with van der Waals surface area (Å²) in [5, 5.41) is 1.62. The number of amides is 2. The fourth-order valence-electron chi connectivity index (χ4n) is 2.11. The number of sulfonamides is 1. The molecular weight excluding hydrogens is 414 g/mol. The van der Waals surface area contributed by atoms with Crippen molar-refractivity contribution >= 4 is 21.7 Å². The number of halogens is 6. The van der Waals surface area contributed by atoms with Crippen LogP contribution in [-0.4, -0.2) is 14.4 Å². The molecule has 0 saturated heterocycles. The molecule has 2 aromatic carbocycles. The van der Waals surface area contributed by atoms with E-state index in [0.29, 0.717) is 12.1 Å². The van der Waals surface area contributed by atoms with Crippen LogP contribution in [0.1, 0.15) is 16.7 Å². The molecule has 0 bridgehead atoms. The molecule has 0 fully saturated rings. The Morgan fingerprint density at radius 3 is 1.96 bits per heavy atom. The lowest BCUT2D eigenvalue weighted by atomic mass is 10.1. The van der Waals surface area contributed by atoms with E-state index >= 15 is 0 Å². The molecule has 12 heteroatoms. The second-order valence-corrected chi connectivity index (χ2v) is 7.31.